The van der Waals surface area contributed by atoms with Gasteiger partial charge >= 0.3 is 0 Å². The van der Waals surface area contributed by atoms with Gasteiger partial charge in [-0.25, -0.2) is 23.1 Å². The van der Waals surface area contributed by atoms with Crippen molar-refractivity contribution in [1.29, 1.82) is 5.26 Å². The maximum atomic E-state index is 14.0. The average molecular weight is 920 g/mol. The van der Waals surface area contributed by atoms with Gasteiger partial charge in [0.05, 0.1) is 18.0 Å². The molecule has 5 aromatic rings. The number of hydrogen-bond acceptors (Lipinski definition) is 12. The lowest BCUT2D eigenvalue weighted by Crippen LogP contribution is -2.47. The van der Waals surface area contributed by atoms with Gasteiger partial charge in [0.1, 0.15) is 39.8 Å². The van der Waals surface area contributed by atoms with Crippen LogP contribution in [0, 0.1) is 16.7 Å². The molecule has 1 amide bonds. The Morgan fingerprint density at radius 3 is 2.49 bits per heavy atom. The molecule has 3 aromatic heterocycles. The van der Waals surface area contributed by atoms with E-state index in [0.29, 0.717) is 17.4 Å². The molecule has 2 N–H and O–H groups in total. The largest absolute Gasteiger partial charge is 0.473 e. The Morgan fingerprint density at radius 2 is 1.74 bits per heavy atom. The van der Waals surface area contributed by atoms with Gasteiger partial charge in [0.2, 0.25) is 5.88 Å². The van der Waals surface area contributed by atoms with Crippen molar-refractivity contribution in [2.24, 2.45) is 5.41 Å². The molecule has 9 rings (SSSR count). The third-order valence-corrected chi connectivity index (χ3v) is 14.8. The van der Waals surface area contributed by atoms with Gasteiger partial charge in [0, 0.05) is 93.4 Å². The Morgan fingerprint density at radius 1 is 0.969 bits per heavy atom. The maximum Gasteiger partial charge on any atom is 0.268 e. The topological polar surface area (TPSA) is 166 Å². The second kappa shape index (κ2) is 19.1. The van der Waals surface area contributed by atoms with Crippen molar-refractivity contribution in [1.82, 2.24) is 29.5 Å². The van der Waals surface area contributed by atoms with Gasteiger partial charge in [-0.05, 0) is 104 Å². The molecule has 0 radical (unpaired) electrons. The van der Waals surface area contributed by atoms with Crippen molar-refractivity contribution < 1.29 is 27.4 Å². The number of nitrogens with zero attached hydrogens (tertiary/aromatic N) is 6. The average Bonchev–Trinajstić information content (AvgIpc) is 3.79. The molecule has 3 aliphatic heterocycles. The van der Waals surface area contributed by atoms with Crippen molar-refractivity contribution in [3.63, 3.8) is 0 Å². The summed E-state index contributed by atoms with van der Waals surface area (Å²) in [5.74, 6) is -0.286. The number of carbonyl (C=O) groups excluding carboxylic acids is 1. The van der Waals surface area contributed by atoms with Gasteiger partial charge in [0.25, 0.3) is 15.9 Å². The minimum atomic E-state index is -4.48. The van der Waals surface area contributed by atoms with Gasteiger partial charge in [-0.3, -0.25) is 14.6 Å². The molecule has 16 heteroatoms. The van der Waals surface area contributed by atoms with Crippen LogP contribution in [0.25, 0.3) is 16.6 Å². The molecule has 14 nitrogen and oxygen atoms in total. The number of piperazine rings is 1. The van der Waals surface area contributed by atoms with E-state index in [9.17, 15) is 18.5 Å². The Hall–Kier alpha value is -5.50. The monoisotopic (exact) mass is 918 g/mol. The highest BCUT2D eigenvalue weighted by Gasteiger charge is 2.32. The number of fused-ring (bicyclic) bond motifs is 1. The summed E-state index contributed by atoms with van der Waals surface area (Å²) < 4.78 is 47.8. The maximum absolute atomic E-state index is 14.0. The van der Waals surface area contributed by atoms with Crippen molar-refractivity contribution in [3.8, 4) is 23.4 Å². The summed E-state index contributed by atoms with van der Waals surface area (Å²) in [5, 5.41) is 11.6. The van der Waals surface area contributed by atoms with Crippen LogP contribution in [-0.2, 0) is 14.8 Å². The predicted molar refractivity (Wildman–Crippen MR) is 250 cm³/mol. The fourth-order valence-corrected chi connectivity index (χ4v) is 10.6. The van der Waals surface area contributed by atoms with E-state index in [2.05, 4.69) is 60.4 Å². The van der Waals surface area contributed by atoms with Crippen LogP contribution in [0.5, 0.6) is 17.4 Å². The van der Waals surface area contributed by atoms with E-state index in [1.807, 2.05) is 30.3 Å². The van der Waals surface area contributed by atoms with E-state index in [1.54, 1.807) is 30.6 Å². The number of nitriles is 1. The van der Waals surface area contributed by atoms with Crippen LogP contribution in [0.1, 0.15) is 80.3 Å². The third-order valence-electron chi connectivity index (χ3n) is 13.3. The number of ether oxygens (including phenoxy) is 3. The van der Waals surface area contributed by atoms with Gasteiger partial charge in [-0.2, -0.15) is 5.26 Å². The second-order valence-corrected chi connectivity index (χ2v) is 20.4. The normalized spacial score (nSPS) is 19.3. The van der Waals surface area contributed by atoms with Crippen LogP contribution < -0.4 is 19.1 Å². The Balaban J connectivity index is 0.895. The van der Waals surface area contributed by atoms with E-state index in [4.69, 9.17) is 25.8 Å². The number of allylic oxidation sites excluding steroid dienone is 1. The first-order valence-electron chi connectivity index (χ1n) is 22.5. The standard InChI is InChI=1S/C49H55ClN8O6S/c1-49(2)15-9-35(44(28-49)33-3-5-37(50)6-4-33)32-56-19-21-58(22-20-56)39-7-8-43(45(27-39)63-41-25-34-10-16-52-46(34)53-30-41)47(59)55-65(60,61)42-26-36(29-51)48(54-31-42)64-40-11-17-57(18-12-40)38-13-23-62-24-14-38/h3-8,10,16,25-27,30-31,38,40H,9,11-15,17-24,28,32H2,1-2H3,(H,52,53)(H,55,59). The lowest BCUT2D eigenvalue weighted by atomic mass is 9.72. The van der Waals surface area contributed by atoms with Crippen LogP contribution in [-0.4, -0.2) is 110 Å². The first-order chi connectivity index (χ1) is 31.4. The van der Waals surface area contributed by atoms with E-state index in [-0.39, 0.29) is 39.2 Å². The predicted octanol–water partition coefficient (Wildman–Crippen LogP) is 8.20. The zero-order chi connectivity index (χ0) is 45.1. The number of aromatic amines is 1. The molecule has 340 valence electrons. The third kappa shape index (κ3) is 10.5. The van der Waals surface area contributed by atoms with E-state index in [0.717, 1.165) is 126 Å². The van der Waals surface area contributed by atoms with Gasteiger partial charge in [0.15, 0.2) is 0 Å². The second-order valence-electron chi connectivity index (χ2n) is 18.3. The lowest BCUT2D eigenvalue weighted by Gasteiger charge is -2.39. The molecule has 4 aliphatic rings. The Bertz CT molecular complexity index is 2710. The highest BCUT2D eigenvalue weighted by molar-refractivity contribution is 7.90. The molecule has 3 fully saturated rings. The van der Waals surface area contributed by atoms with Gasteiger partial charge < -0.3 is 24.1 Å². The number of sulfonamides is 1. The number of nitrogens with one attached hydrogen (secondary N) is 2. The number of piperidine rings is 1. The SMILES string of the molecule is CC1(C)CCC(CN2CCN(c3ccc(C(=O)NS(=O)(=O)c4cnc(OC5CCN(C6CCOCC6)CC5)c(C#N)c4)c(Oc4cnc5[nH]ccc5c4)c3)CC2)=C(c2ccc(Cl)cc2)C1. The van der Waals surface area contributed by atoms with E-state index < -0.39 is 15.9 Å². The number of halogens is 1. The van der Waals surface area contributed by atoms with Crippen LogP contribution >= 0.6 is 11.6 Å². The molecule has 0 spiro atoms. The van der Waals surface area contributed by atoms with Crippen molar-refractivity contribution in [2.75, 3.05) is 63.9 Å². The number of carbonyl (C=O) groups is 1. The summed E-state index contributed by atoms with van der Waals surface area (Å²) in [6.07, 6.45) is 11.1. The van der Waals surface area contributed by atoms with Gasteiger partial charge in [-0.1, -0.05) is 43.2 Å². The fourth-order valence-electron chi connectivity index (χ4n) is 9.54. The molecule has 0 bridgehead atoms. The molecule has 3 saturated heterocycles. The smallest absolute Gasteiger partial charge is 0.268 e. The first kappa shape index (κ1) is 44.7. The fraction of sp³-hybridized carbons (Fsp3) is 0.429. The number of likely N-dealkylation sites (tertiary alicyclic amines) is 1. The Kier molecular flexibility index (Phi) is 13.2. The summed E-state index contributed by atoms with van der Waals surface area (Å²) in [6.45, 7) is 12.0. The van der Waals surface area contributed by atoms with Crippen molar-refractivity contribution >= 4 is 49.8 Å². The molecular weight excluding hydrogens is 864 g/mol. The minimum Gasteiger partial charge on any atom is -0.473 e. The molecule has 0 unspecified atom stereocenters. The molecule has 65 heavy (non-hydrogen) atoms. The lowest BCUT2D eigenvalue weighted by molar-refractivity contribution is 0.00940. The van der Waals surface area contributed by atoms with Crippen LogP contribution in [0.3, 0.4) is 0 Å². The molecule has 2 aromatic carbocycles. The molecule has 6 heterocycles. The summed E-state index contributed by atoms with van der Waals surface area (Å²) in [6, 6.07) is 20.8. The summed E-state index contributed by atoms with van der Waals surface area (Å²) >= 11 is 6.25. The molecule has 0 saturated carbocycles. The van der Waals surface area contributed by atoms with Crippen LogP contribution in [0.4, 0.5) is 5.69 Å². The molecule has 0 atom stereocenters. The van der Waals surface area contributed by atoms with Crippen LogP contribution in [0.15, 0.2) is 89.7 Å². The number of amides is 1. The first-order valence-corrected chi connectivity index (χ1v) is 24.4. The summed E-state index contributed by atoms with van der Waals surface area (Å²) in [5.41, 5.74) is 5.87. The number of pyridine rings is 2. The number of H-pyrrole nitrogens is 1. The molecular formula is C49H55ClN8O6S. The number of aromatic nitrogens is 3. The van der Waals surface area contributed by atoms with Gasteiger partial charge in [-0.15, -0.1) is 0 Å². The molecule has 1 aliphatic carbocycles. The number of hydrogen-bond donors (Lipinski definition) is 2. The highest BCUT2D eigenvalue weighted by Crippen LogP contribution is 2.43. The zero-order valence-corrected chi connectivity index (χ0v) is 38.5. The number of rotatable bonds is 12. The zero-order valence-electron chi connectivity index (χ0n) is 36.9. The minimum absolute atomic E-state index is 0.00697. The van der Waals surface area contributed by atoms with Crippen molar-refractivity contribution in [2.45, 2.75) is 75.8 Å². The highest BCUT2D eigenvalue weighted by atomic mass is 35.5. The van der Waals surface area contributed by atoms with E-state index >= 15 is 0 Å². The number of anilines is 1. The van der Waals surface area contributed by atoms with Crippen LogP contribution in [0.2, 0.25) is 5.02 Å². The van der Waals surface area contributed by atoms with E-state index in [1.165, 1.54) is 22.8 Å². The Labute approximate surface area is 385 Å². The number of benzene rings is 2. The summed E-state index contributed by atoms with van der Waals surface area (Å²) in [4.78, 5) is 32.7. The van der Waals surface area contributed by atoms with Crippen molar-refractivity contribution in [3.05, 3.63) is 107 Å². The summed E-state index contributed by atoms with van der Waals surface area (Å²) in [7, 11) is -4.48. The quantitative estimate of drug-likeness (QED) is 0.123.